The molecule has 1 atom stereocenters. The van der Waals surface area contributed by atoms with Crippen molar-refractivity contribution in [1.29, 1.82) is 0 Å². The summed E-state index contributed by atoms with van der Waals surface area (Å²) in [4.78, 5) is 22.4. The molecule has 0 aliphatic rings. The Bertz CT molecular complexity index is 778. The monoisotopic (exact) mass is 320 g/mol. The van der Waals surface area contributed by atoms with Gasteiger partial charge in [0.25, 0.3) is 11.6 Å². The van der Waals surface area contributed by atoms with Crippen molar-refractivity contribution >= 4 is 11.6 Å². The van der Waals surface area contributed by atoms with Crippen LogP contribution in [0.1, 0.15) is 34.5 Å². The van der Waals surface area contributed by atoms with E-state index in [4.69, 9.17) is 0 Å². The second-order valence-corrected chi connectivity index (χ2v) is 5.12. The van der Waals surface area contributed by atoms with Crippen LogP contribution in [0, 0.1) is 28.7 Å². The van der Waals surface area contributed by atoms with E-state index in [1.54, 1.807) is 6.92 Å². The Kier molecular flexibility index (Phi) is 4.68. The van der Waals surface area contributed by atoms with E-state index in [2.05, 4.69) is 5.32 Å². The van der Waals surface area contributed by atoms with E-state index in [0.717, 1.165) is 12.1 Å². The first-order chi connectivity index (χ1) is 10.8. The predicted octanol–water partition coefficient (Wildman–Crippen LogP) is 3.67. The Morgan fingerprint density at radius 2 is 1.91 bits per heavy atom. The zero-order chi connectivity index (χ0) is 17.1. The van der Waals surface area contributed by atoms with Crippen LogP contribution in [0.25, 0.3) is 0 Å². The zero-order valence-electron chi connectivity index (χ0n) is 12.5. The minimum atomic E-state index is -0.752. The number of carbonyl (C=O) groups is 1. The number of nitro benzene ring substituents is 1. The van der Waals surface area contributed by atoms with Crippen LogP contribution in [-0.2, 0) is 0 Å². The first-order valence-corrected chi connectivity index (χ1v) is 6.80. The van der Waals surface area contributed by atoms with Crippen molar-refractivity contribution in [3.8, 4) is 0 Å². The molecule has 5 nitrogen and oxygen atoms in total. The van der Waals surface area contributed by atoms with Crippen LogP contribution in [0.5, 0.6) is 0 Å². The molecule has 0 saturated heterocycles. The third-order valence-electron chi connectivity index (χ3n) is 3.43. The zero-order valence-corrected chi connectivity index (χ0v) is 12.5. The number of aryl methyl sites for hydroxylation is 1. The average Bonchev–Trinajstić information content (AvgIpc) is 2.46. The highest BCUT2D eigenvalue weighted by Crippen LogP contribution is 2.21. The molecule has 1 N–H and O–H groups in total. The first kappa shape index (κ1) is 16.5. The number of nitrogens with zero attached hydrogens (tertiary/aromatic N) is 1. The normalized spacial score (nSPS) is 11.8. The van der Waals surface area contributed by atoms with E-state index in [9.17, 15) is 23.7 Å². The Labute approximate surface area is 131 Å². The highest BCUT2D eigenvalue weighted by molar-refractivity contribution is 5.95. The fourth-order valence-corrected chi connectivity index (χ4v) is 2.21. The molecule has 23 heavy (non-hydrogen) atoms. The molecule has 7 heteroatoms. The number of carbonyl (C=O) groups excluding carboxylic acids is 1. The van der Waals surface area contributed by atoms with E-state index >= 15 is 0 Å². The number of halogens is 2. The molecule has 0 radical (unpaired) electrons. The summed E-state index contributed by atoms with van der Waals surface area (Å²) in [6.07, 6.45) is 0. The van der Waals surface area contributed by atoms with Crippen molar-refractivity contribution < 1.29 is 18.5 Å². The summed E-state index contributed by atoms with van der Waals surface area (Å²) in [6, 6.07) is 6.39. The van der Waals surface area contributed by atoms with Gasteiger partial charge >= 0.3 is 0 Å². The van der Waals surface area contributed by atoms with Crippen LogP contribution in [0.3, 0.4) is 0 Å². The van der Waals surface area contributed by atoms with Crippen molar-refractivity contribution in [3.63, 3.8) is 0 Å². The maximum Gasteiger partial charge on any atom is 0.272 e. The van der Waals surface area contributed by atoms with Crippen LogP contribution in [-0.4, -0.2) is 10.8 Å². The number of benzene rings is 2. The third kappa shape index (κ3) is 3.68. The van der Waals surface area contributed by atoms with Gasteiger partial charge in [-0.3, -0.25) is 14.9 Å². The number of amides is 1. The van der Waals surface area contributed by atoms with E-state index in [1.807, 2.05) is 0 Å². The molecular weight excluding hydrogens is 306 g/mol. The topological polar surface area (TPSA) is 72.2 Å². The molecule has 1 amide bonds. The number of hydrogen-bond donors (Lipinski definition) is 1. The summed E-state index contributed by atoms with van der Waals surface area (Å²) in [5.41, 5.74) is 0.642. The lowest BCUT2D eigenvalue weighted by Gasteiger charge is -2.15. The molecule has 2 aromatic carbocycles. The predicted molar refractivity (Wildman–Crippen MR) is 80.1 cm³/mol. The van der Waals surface area contributed by atoms with Crippen LogP contribution in [0.4, 0.5) is 14.5 Å². The Hall–Kier alpha value is -2.83. The van der Waals surface area contributed by atoms with Gasteiger partial charge in [-0.25, -0.2) is 8.78 Å². The average molecular weight is 320 g/mol. The Balaban J connectivity index is 2.18. The van der Waals surface area contributed by atoms with E-state index in [0.29, 0.717) is 5.56 Å². The summed E-state index contributed by atoms with van der Waals surface area (Å²) in [5, 5.41) is 13.3. The van der Waals surface area contributed by atoms with E-state index in [-0.39, 0.29) is 16.8 Å². The number of rotatable bonds is 4. The van der Waals surface area contributed by atoms with Crippen LogP contribution >= 0.6 is 0 Å². The van der Waals surface area contributed by atoms with Crippen molar-refractivity contribution in [2.45, 2.75) is 19.9 Å². The fourth-order valence-electron chi connectivity index (χ4n) is 2.21. The smallest absolute Gasteiger partial charge is 0.272 e. The standard InChI is InChI=1S/C16H14F2N2O3/c1-9-7-11(3-6-15(9)20(22)23)16(21)19-10(2)13-5-4-12(17)8-14(13)18/h3-8,10H,1-2H3,(H,19,21)/t10-/m0/s1. The molecule has 2 aromatic rings. The van der Waals surface area contributed by atoms with Gasteiger partial charge in [0.1, 0.15) is 11.6 Å². The summed E-state index contributed by atoms with van der Waals surface area (Å²) >= 11 is 0. The van der Waals surface area contributed by atoms with Gasteiger partial charge in [-0.1, -0.05) is 6.07 Å². The number of nitrogens with one attached hydrogen (secondary N) is 1. The van der Waals surface area contributed by atoms with Gasteiger partial charge in [-0.15, -0.1) is 0 Å². The van der Waals surface area contributed by atoms with Crippen LogP contribution < -0.4 is 5.32 Å². The highest BCUT2D eigenvalue weighted by atomic mass is 19.1. The molecule has 0 bridgehead atoms. The maximum absolute atomic E-state index is 13.7. The molecule has 2 rings (SSSR count). The molecule has 0 aliphatic carbocycles. The SMILES string of the molecule is Cc1cc(C(=O)N[C@@H](C)c2ccc(F)cc2F)ccc1[N+](=O)[O-]. The molecule has 120 valence electrons. The Morgan fingerprint density at radius 1 is 1.22 bits per heavy atom. The third-order valence-corrected chi connectivity index (χ3v) is 3.43. The molecule has 0 spiro atoms. The van der Waals surface area contributed by atoms with Gasteiger partial charge in [0.05, 0.1) is 11.0 Å². The molecule has 0 fully saturated rings. The second kappa shape index (κ2) is 6.51. The molecular formula is C16H14F2N2O3. The fraction of sp³-hybridized carbons (Fsp3) is 0.188. The van der Waals surface area contributed by atoms with Gasteiger partial charge in [0.2, 0.25) is 0 Å². The van der Waals surface area contributed by atoms with Gasteiger partial charge in [-0.05, 0) is 32.0 Å². The van der Waals surface area contributed by atoms with Crippen molar-refractivity contribution in [1.82, 2.24) is 5.32 Å². The van der Waals surface area contributed by atoms with Crippen molar-refractivity contribution in [3.05, 3.63) is 74.8 Å². The number of hydrogen-bond acceptors (Lipinski definition) is 3. The van der Waals surface area contributed by atoms with Gasteiger partial charge < -0.3 is 5.32 Å². The van der Waals surface area contributed by atoms with Gasteiger partial charge in [0, 0.05) is 28.8 Å². The van der Waals surface area contributed by atoms with Crippen molar-refractivity contribution in [2.24, 2.45) is 0 Å². The highest BCUT2D eigenvalue weighted by Gasteiger charge is 2.17. The summed E-state index contributed by atoms with van der Waals surface area (Å²) in [7, 11) is 0. The van der Waals surface area contributed by atoms with Gasteiger partial charge in [-0.2, -0.15) is 0 Å². The number of nitro groups is 1. The largest absolute Gasteiger partial charge is 0.345 e. The molecule has 0 aliphatic heterocycles. The van der Waals surface area contributed by atoms with E-state index in [1.165, 1.54) is 31.2 Å². The minimum absolute atomic E-state index is 0.0841. The summed E-state index contributed by atoms with van der Waals surface area (Å²) in [5.74, 6) is -1.95. The lowest BCUT2D eigenvalue weighted by molar-refractivity contribution is -0.385. The van der Waals surface area contributed by atoms with Gasteiger partial charge in [0.15, 0.2) is 0 Å². The molecule has 0 heterocycles. The first-order valence-electron chi connectivity index (χ1n) is 6.80. The lowest BCUT2D eigenvalue weighted by atomic mass is 10.1. The minimum Gasteiger partial charge on any atom is -0.345 e. The second-order valence-electron chi connectivity index (χ2n) is 5.12. The van der Waals surface area contributed by atoms with E-state index < -0.39 is 28.5 Å². The van der Waals surface area contributed by atoms with Crippen LogP contribution in [0.2, 0.25) is 0 Å². The summed E-state index contributed by atoms with van der Waals surface area (Å²) < 4.78 is 26.6. The van der Waals surface area contributed by atoms with Crippen LogP contribution in [0.15, 0.2) is 36.4 Å². The Morgan fingerprint density at radius 3 is 2.48 bits per heavy atom. The quantitative estimate of drug-likeness (QED) is 0.690. The lowest BCUT2D eigenvalue weighted by Crippen LogP contribution is -2.27. The molecule has 0 unspecified atom stereocenters. The van der Waals surface area contributed by atoms with Crippen molar-refractivity contribution in [2.75, 3.05) is 0 Å². The molecule has 0 saturated carbocycles. The molecule has 0 aromatic heterocycles. The summed E-state index contributed by atoms with van der Waals surface area (Å²) in [6.45, 7) is 3.09. The maximum atomic E-state index is 13.7.